The van der Waals surface area contributed by atoms with E-state index in [1.54, 1.807) is 18.9 Å². The zero-order chi connectivity index (χ0) is 29.9. The van der Waals surface area contributed by atoms with Crippen LogP contribution < -0.4 is 15.4 Å². The lowest BCUT2D eigenvalue weighted by atomic mass is 9.89. The maximum absolute atomic E-state index is 12.8. The van der Waals surface area contributed by atoms with Crippen LogP contribution in [0.4, 0.5) is 0 Å². The second kappa shape index (κ2) is 15.5. The zero-order valence-corrected chi connectivity index (χ0v) is 24.8. The average Bonchev–Trinajstić information content (AvgIpc) is 2.99. The number of phenolic OH excluding ortho intramolecular Hbond substituents is 1. The molecule has 0 radical (unpaired) electrons. The maximum Gasteiger partial charge on any atom is 0.258 e. The summed E-state index contributed by atoms with van der Waals surface area (Å²) >= 11 is 0. The first-order valence-corrected chi connectivity index (χ1v) is 15.1. The molecule has 0 saturated heterocycles. The molecule has 42 heavy (non-hydrogen) atoms. The SMILES string of the molecule is C[C@@H]1NC(=O)COc2cc(O)cc(c2)C(=O)NCCCN(Cc2cnc(C3CCCCC3)nc2)CCCCN(C)C1=O. The van der Waals surface area contributed by atoms with Crippen molar-refractivity contribution in [3.8, 4) is 11.5 Å². The first kappa shape index (κ1) is 31.2. The van der Waals surface area contributed by atoms with Gasteiger partial charge in [0.25, 0.3) is 11.8 Å². The van der Waals surface area contributed by atoms with Crippen molar-refractivity contribution in [3.05, 3.63) is 47.5 Å². The van der Waals surface area contributed by atoms with E-state index in [0.717, 1.165) is 56.6 Å². The van der Waals surface area contributed by atoms with Crippen molar-refractivity contribution < 1.29 is 24.2 Å². The van der Waals surface area contributed by atoms with E-state index < -0.39 is 11.9 Å². The number of hydrogen-bond donors (Lipinski definition) is 3. The van der Waals surface area contributed by atoms with Crippen molar-refractivity contribution in [1.29, 1.82) is 0 Å². The Kier molecular flexibility index (Phi) is 11.5. The number of amides is 3. The van der Waals surface area contributed by atoms with Gasteiger partial charge < -0.3 is 25.4 Å². The number of phenols is 1. The largest absolute Gasteiger partial charge is 0.508 e. The minimum Gasteiger partial charge on any atom is -0.508 e. The Balaban J connectivity index is 1.42. The van der Waals surface area contributed by atoms with Gasteiger partial charge in [-0.1, -0.05) is 19.3 Å². The van der Waals surface area contributed by atoms with Crippen LogP contribution >= 0.6 is 0 Å². The molecule has 11 heteroatoms. The number of hydrogen-bond acceptors (Lipinski definition) is 8. The van der Waals surface area contributed by atoms with Gasteiger partial charge in [0.15, 0.2) is 6.61 Å². The van der Waals surface area contributed by atoms with Crippen molar-refractivity contribution in [2.75, 3.05) is 39.8 Å². The molecular weight excluding hydrogens is 536 g/mol. The first-order chi connectivity index (χ1) is 20.3. The summed E-state index contributed by atoms with van der Waals surface area (Å²) in [5.41, 5.74) is 1.29. The molecule has 1 atom stereocenters. The number of carbonyl (C=O) groups is 3. The summed E-state index contributed by atoms with van der Waals surface area (Å²) in [6, 6.07) is 3.46. The summed E-state index contributed by atoms with van der Waals surface area (Å²) < 4.78 is 5.50. The van der Waals surface area contributed by atoms with Crippen LogP contribution in [-0.2, 0) is 16.1 Å². The summed E-state index contributed by atoms with van der Waals surface area (Å²) in [5.74, 6) is 0.463. The van der Waals surface area contributed by atoms with Crippen LogP contribution in [0.25, 0.3) is 0 Å². The molecule has 2 bridgehead atoms. The molecule has 1 aliphatic heterocycles. The molecule has 1 aliphatic carbocycles. The van der Waals surface area contributed by atoms with Crippen LogP contribution in [0.1, 0.15) is 86.0 Å². The van der Waals surface area contributed by atoms with Gasteiger partial charge in [0.1, 0.15) is 23.4 Å². The highest BCUT2D eigenvalue weighted by Crippen LogP contribution is 2.30. The standard InChI is InChI=1S/C31H44N6O5/c1-22-31(41)36(2)12-6-7-13-37(20-23-18-33-29(34-19-23)24-9-4-3-5-10-24)14-8-11-32-30(40)25-15-26(38)17-27(16-25)42-21-28(39)35-22/h15-19,22,24,38H,3-14,20-21H2,1-2H3,(H,32,40)(H,35,39)/t22-/m0/s1. The number of aromatic nitrogens is 2. The molecule has 1 aromatic carbocycles. The van der Waals surface area contributed by atoms with Gasteiger partial charge in [-0.25, -0.2) is 9.97 Å². The van der Waals surface area contributed by atoms with E-state index in [0.29, 0.717) is 25.6 Å². The van der Waals surface area contributed by atoms with Gasteiger partial charge in [-0.05, 0) is 57.7 Å². The molecular formula is C31H44N6O5. The molecule has 0 unspecified atom stereocenters. The molecule has 2 aromatic rings. The van der Waals surface area contributed by atoms with Gasteiger partial charge in [0.05, 0.1) is 0 Å². The number of rotatable bonds is 3. The van der Waals surface area contributed by atoms with E-state index in [1.165, 1.54) is 37.5 Å². The lowest BCUT2D eigenvalue weighted by Crippen LogP contribution is -2.47. The van der Waals surface area contributed by atoms with Gasteiger partial charge in [0, 0.05) is 68.7 Å². The third-order valence-corrected chi connectivity index (χ3v) is 7.90. The minimum atomic E-state index is -0.713. The molecule has 2 heterocycles. The number of nitrogens with zero attached hydrogens (tertiary/aromatic N) is 4. The second-order valence-electron chi connectivity index (χ2n) is 11.4. The fraction of sp³-hybridized carbons (Fsp3) is 0.581. The quantitative estimate of drug-likeness (QED) is 0.504. The summed E-state index contributed by atoms with van der Waals surface area (Å²) in [7, 11) is 1.74. The number of likely N-dealkylation sites (N-methyl/N-ethyl adjacent to an activating group) is 1. The molecule has 1 fully saturated rings. The van der Waals surface area contributed by atoms with E-state index >= 15 is 0 Å². The normalized spacial score (nSPS) is 21.2. The molecule has 228 valence electrons. The molecule has 11 nitrogen and oxygen atoms in total. The number of carbonyl (C=O) groups excluding carboxylic acids is 3. The van der Waals surface area contributed by atoms with Crippen LogP contribution in [0.3, 0.4) is 0 Å². The average molecular weight is 581 g/mol. The van der Waals surface area contributed by atoms with E-state index in [4.69, 9.17) is 14.7 Å². The van der Waals surface area contributed by atoms with Gasteiger partial charge in [-0.2, -0.15) is 0 Å². The highest BCUT2D eigenvalue weighted by molar-refractivity contribution is 5.95. The maximum atomic E-state index is 12.8. The third kappa shape index (κ3) is 9.40. The summed E-state index contributed by atoms with van der Waals surface area (Å²) in [4.78, 5) is 51.4. The molecule has 0 spiro atoms. The Labute approximate surface area is 248 Å². The van der Waals surface area contributed by atoms with Crippen molar-refractivity contribution >= 4 is 17.7 Å². The summed E-state index contributed by atoms with van der Waals surface area (Å²) in [6.07, 6.45) is 12.4. The number of nitrogens with one attached hydrogen (secondary N) is 2. The Hall–Kier alpha value is -3.73. The van der Waals surface area contributed by atoms with E-state index in [1.807, 2.05) is 12.4 Å². The van der Waals surface area contributed by atoms with E-state index in [2.05, 4.69) is 15.5 Å². The van der Waals surface area contributed by atoms with Crippen molar-refractivity contribution in [1.82, 2.24) is 30.4 Å². The summed E-state index contributed by atoms with van der Waals surface area (Å²) in [5, 5.41) is 15.7. The number of benzene rings is 1. The van der Waals surface area contributed by atoms with Crippen LogP contribution in [0, 0.1) is 0 Å². The first-order valence-electron chi connectivity index (χ1n) is 15.1. The van der Waals surface area contributed by atoms with Crippen molar-refractivity contribution in [2.45, 2.75) is 76.8 Å². The Bertz CT molecular complexity index is 1200. The Morgan fingerprint density at radius 2 is 1.67 bits per heavy atom. The number of fused-ring (bicyclic) bond motifs is 2. The smallest absolute Gasteiger partial charge is 0.258 e. The van der Waals surface area contributed by atoms with E-state index in [9.17, 15) is 19.5 Å². The third-order valence-electron chi connectivity index (χ3n) is 7.90. The van der Waals surface area contributed by atoms with Crippen molar-refractivity contribution in [2.24, 2.45) is 0 Å². The van der Waals surface area contributed by atoms with Gasteiger partial charge in [-0.3, -0.25) is 19.3 Å². The second-order valence-corrected chi connectivity index (χ2v) is 11.4. The predicted molar refractivity (Wildman–Crippen MR) is 158 cm³/mol. The molecule has 1 aromatic heterocycles. The van der Waals surface area contributed by atoms with Crippen LogP contribution in [0.5, 0.6) is 11.5 Å². The van der Waals surface area contributed by atoms with Crippen LogP contribution in [0.15, 0.2) is 30.6 Å². The van der Waals surface area contributed by atoms with E-state index in [-0.39, 0.29) is 35.5 Å². The fourth-order valence-corrected chi connectivity index (χ4v) is 5.57. The Morgan fingerprint density at radius 1 is 0.952 bits per heavy atom. The molecule has 4 rings (SSSR count). The van der Waals surface area contributed by atoms with Crippen LogP contribution in [-0.4, -0.2) is 88.5 Å². The number of aromatic hydroxyl groups is 1. The molecule has 3 N–H and O–H groups in total. The predicted octanol–water partition coefficient (Wildman–Crippen LogP) is 2.99. The van der Waals surface area contributed by atoms with Gasteiger partial charge >= 0.3 is 0 Å². The van der Waals surface area contributed by atoms with Crippen LogP contribution in [0.2, 0.25) is 0 Å². The highest BCUT2D eigenvalue weighted by atomic mass is 16.5. The topological polar surface area (TPSA) is 137 Å². The van der Waals surface area contributed by atoms with Crippen molar-refractivity contribution in [3.63, 3.8) is 0 Å². The fourth-order valence-electron chi connectivity index (χ4n) is 5.57. The molecule has 2 aliphatic rings. The molecule has 1 saturated carbocycles. The van der Waals surface area contributed by atoms with Gasteiger partial charge in [-0.15, -0.1) is 0 Å². The highest BCUT2D eigenvalue weighted by Gasteiger charge is 2.21. The molecule has 3 amide bonds. The Morgan fingerprint density at radius 3 is 2.43 bits per heavy atom. The lowest BCUT2D eigenvalue weighted by molar-refractivity contribution is -0.135. The summed E-state index contributed by atoms with van der Waals surface area (Å²) in [6.45, 7) is 4.60. The monoisotopic (exact) mass is 580 g/mol. The number of ether oxygens (including phenoxy) is 1. The zero-order valence-electron chi connectivity index (χ0n) is 24.8. The lowest BCUT2D eigenvalue weighted by Gasteiger charge is -2.25. The minimum absolute atomic E-state index is 0.145. The van der Waals surface area contributed by atoms with Gasteiger partial charge in [0.2, 0.25) is 5.91 Å².